The predicted octanol–water partition coefficient (Wildman–Crippen LogP) is -0.124. The molecule has 0 amide bonds. The summed E-state index contributed by atoms with van der Waals surface area (Å²) in [5.74, 6) is 0. The predicted molar refractivity (Wildman–Crippen MR) is 81.9 cm³/mol. The van der Waals surface area contributed by atoms with E-state index in [1.54, 1.807) is 0 Å². The molecule has 1 aliphatic heterocycles. The molecule has 4 atom stereocenters. The lowest BCUT2D eigenvalue weighted by Crippen LogP contribution is -2.38. The molecule has 0 aliphatic carbocycles. The zero-order valence-corrected chi connectivity index (χ0v) is 12.9. The summed E-state index contributed by atoms with van der Waals surface area (Å²) in [4.78, 5) is 25.2. The molecule has 8 nitrogen and oxygen atoms in total. The maximum Gasteiger partial charge on any atom is 0.330 e. The molecule has 1 aliphatic rings. The van der Waals surface area contributed by atoms with Gasteiger partial charge in [0, 0.05) is 12.3 Å². The molecule has 0 saturated carbocycles. The fraction of sp³-hybridized carbons (Fsp3) is 0.600. The normalized spacial score (nSPS) is 27.6. The van der Waals surface area contributed by atoms with Gasteiger partial charge in [-0.05, 0) is 18.9 Å². The fourth-order valence-corrected chi connectivity index (χ4v) is 2.40. The third-order valence-corrected chi connectivity index (χ3v) is 3.67. The first-order valence-electron chi connectivity index (χ1n) is 7.64. The van der Waals surface area contributed by atoms with Crippen molar-refractivity contribution in [2.45, 2.75) is 50.7 Å². The molecule has 0 spiro atoms. The highest BCUT2D eigenvalue weighted by atomic mass is 16.6. The number of nitrogens with one attached hydrogen (secondary N) is 1. The lowest BCUT2D eigenvalue weighted by molar-refractivity contribution is -0.0568. The van der Waals surface area contributed by atoms with Crippen molar-refractivity contribution in [3.63, 3.8) is 0 Å². The molecule has 0 radical (unpaired) electrons. The molecule has 0 bridgehead atoms. The van der Waals surface area contributed by atoms with Gasteiger partial charge in [-0.15, -0.1) is 0 Å². The van der Waals surface area contributed by atoms with Crippen LogP contribution in [0.15, 0.2) is 34.2 Å². The average molecular weight is 326 g/mol. The highest BCUT2D eigenvalue weighted by Crippen LogP contribution is 2.30. The number of aliphatic hydroxyl groups is 2. The summed E-state index contributed by atoms with van der Waals surface area (Å²) in [7, 11) is 0. The monoisotopic (exact) mass is 326 g/mol. The summed E-state index contributed by atoms with van der Waals surface area (Å²) in [6.07, 6.45) is 3.71. The summed E-state index contributed by atoms with van der Waals surface area (Å²) in [5, 5.41) is 19.5. The zero-order chi connectivity index (χ0) is 16.8. The topological polar surface area (TPSA) is 114 Å². The van der Waals surface area contributed by atoms with Gasteiger partial charge in [-0.3, -0.25) is 14.3 Å². The highest BCUT2D eigenvalue weighted by Gasteiger charge is 2.46. The Morgan fingerprint density at radius 2 is 2.26 bits per heavy atom. The summed E-state index contributed by atoms with van der Waals surface area (Å²) in [6.45, 7) is 1.67. The number of nitrogens with zero attached hydrogens (tertiary/aromatic N) is 1. The van der Waals surface area contributed by atoms with Gasteiger partial charge in [-0.2, -0.15) is 0 Å². The van der Waals surface area contributed by atoms with E-state index in [9.17, 15) is 19.8 Å². The maximum absolute atomic E-state index is 11.9. The van der Waals surface area contributed by atoms with Crippen LogP contribution in [0.25, 0.3) is 0 Å². The summed E-state index contributed by atoms with van der Waals surface area (Å²) < 4.78 is 12.2. The van der Waals surface area contributed by atoms with E-state index < -0.39 is 42.4 Å². The molecule has 1 saturated heterocycles. The number of unbranched alkanes of at least 4 members (excludes halogenated alkanes) is 2. The standard InChI is InChI=1S/C15H22N2O6/c1-2-3-4-5-8-22-13-12(20)10(9-18)23-14(13)17-7-6-11(19)16-15(17)21/h5-8,10,12-14,18,20H,2-4,9H2,1H3,(H,16,19,21)/b8-5+/t10-,12-,13-,14-/m1/s1. The van der Waals surface area contributed by atoms with Gasteiger partial charge in [0.1, 0.15) is 12.2 Å². The summed E-state index contributed by atoms with van der Waals surface area (Å²) >= 11 is 0. The lowest BCUT2D eigenvalue weighted by atomic mass is 10.1. The van der Waals surface area contributed by atoms with Crippen LogP contribution in [-0.2, 0) is 9.47 Å². The quantitative estimate of drug-likeness (QED) is 0.475. The largest absolute Gasteiger partial charge is 0.491 e. The van der Waals surface area contributed by atoms with E-state index in [0.29, 0.717) is 0 Å². The Balaban J connectivity index is 2.19. The number of aromatic nitrogens is 2. The first-order chi connectivity index (χ1) is 11.1. The SMILES string of the molecule is CCCC/C=C/O[C@@H]1[C@H](O)[C@@H](CO)O[C@H]1n1ccc(=O)[nH]c1=O. The van der Waals surface area contributed by atoms with Crippen LogP contribution in [0.1, 0.15) is 32.4 Å². The molecule has 1 fully saturated rings. The van der Waals surface area contributed by atoms with Crippen molar-refractivity contribution in [3.05, 3.63) is 45.4 Å². The Labute approximate surface area is 133 Å². The van der Waals surface area contributed by atoms with Crippen LogP contribution in [-0.4, -0.2) is 44.7 Å². The number of aromatic amines is 1. The maximum atomic E-state index is 11.9. The fourth-order valence-electron chi connectivity index (χ4n) is 2.40. The third-order valence-electron chi connectivity index (χ3n) is 3.67. The van der Waals surface area contributed by atoms with Crippen LogP contribution in [0.3, 0.4) is 0 Å². The number of aliphatic hydroxyl groups excluding tert-OH is 2. The van der Waals surface area contributed by atoms with Crippen molar-refractivity contribution in [2.75, 3.05) is 6.61 Å². The number of H-pyrrole nitrogens is 1. The van der Waals surface area contributed by atoms with Crippen LogP contribution < -0.4 is 11.2 Å². The van der Waals surface area contributed by atoms with Crippen molar-refractivity contribution in [1.82, 2.24) is 9.55 Å². The van der Waals surface area contributed by atoms with Crippen molar-refractivity contribution in [2.24, 2.45) is 0 Å². The second-order valence-corrected chi connectivity index (χ2v) is 5.37. The van der Waals surface area contributed by atoms with E-state index in [4.69, 9.17) is 9.47 Å². The smallest absolute Gasteiger partial charge is 0.330 e. The van der Waals surface area contributed by atoms with Crippen molar-refractivity contribution in [1.29, 1.82) is 0 Å². The lowest BCUT2D eigenvalue weighted by Gasteiger charge is -2.21. The van der Waals surface area contributed by atoms with E-state index >= 15 is 0 Å². The van der Waals surface area contributed by atoms with Crippen molar-refractivity contribution in [3.8, 4) is 0 Å². The number of hydrogen-bond acceptors (Lipinski definition) is 6. The second-order valence-electron chi connectivity index (χ2n) is 5.37. The molecule has 23 heavy (non-hydrogen) atoms. The molecular formula is C15H22N2O6. The van der Waals surface area contributed by atoms with Crippen LogP contribution in [0.5, 0.6) is 0 Å². The van der Waals surface area contributed by atoms with E-state index in [1.807, 2.05) is 6.08 Å². The molecule has 2 rings (SSSR count). The number of rotatable bonds is 7. The van der Waals surface area contributed by atoms with Crippen molar-refractivity contribution >= 4 is 0 Å². The molecule has 3 N–H and O–H groups in total. The molecule has 8 heteroatoms. The van der Waals surface area contributed by atoms with Gasteiger partial charge >= 0.3 is 5.69 Å². The van der Waals surface area contributed by atoms with Crippen LogP contribution in [0.2, 0.25) is 0 Å². The second kappa shape index (κ2) is 8.09. The van der Waals surface area contributed by atoms with Gasteiger partial charge in [0.15, 0.2) is 12.3 Å². The Kier molecular flexibility index (Phi) is 6.14. The van der Waals surface area contributed by atoms with Gasteiger partial charge in [-0.25, -0.2) is 4.79 Å². The molecule has 1 aromatic rings. The van der Waals surface area contributed by atoms with E-state index in [-0.39, 0.29) is 0 Å². The molecule has 0 aromatic carbocycles. The highest BCUT2D eigenvalue weighted by molar-refractivity contribution is 4.95. The summed E-state index contributed by atoms with van der Waals surface area (Å²) in [5.41, 5.74) is -1.20. The molecule has 128 valence electrons. The van der Waals surface area contributed by atoms with Crippen LogP contribution in [0, 0.1) is 0 Å². The van der Waals surface area contributed by atoms with Crippen LogP contribution in [0.4, 0.5) is 0 Å². The van der Waals surface area contributed by atoms with Crippen LogP contribution >= 0.6 is 0 Å². The molecular weight excluding hydrogens is 304 g/mol. The van der Waals surface area contributed by atoms with Gasteiger partial charge in [0.25, 0.3) is 5.56 Å². The molecule has 0 unspecified atom stereocenters. The number of hydrogen-bond donors (Lipinski definition) is 3. The van der Waals surface area contributed by atoms with Gasteiger partial charge in [-0.1, -0.05) is 13.3 Å². The minimum atomic E-state index is -1.10. The first-order valence-corrected chi connectivity index (χ1v) is 7.64. The van der Waals surface area contributed by atoms with Gasteiger partial charge in [0.05, 0.1) is 12.9 Å². The Hall–Kier alpha value is -1.90. The van der Waals surface area contributed by atoms with Gasteiger partial charge in [0.2, 0.25) is 0 Å². The molecule has 2 heterocycles. The number of ether oxygens (including phenoxy) is 2. The Morgan fingerprint density at radius 1 is 1.48 bits per heavy atom. The Morgan fingerprint density at radius 3 is 2.91 bits per heavy atom. The van der Waals surface area contributed by atoms with Crippen molar-refractivity contribution < 1.29 is 19.7 Å². The molecule has 1 aromatic heterocycles. The third kappa shape index (κ3) is 4.10. The van der Waals surface area contributed by atoms with E-state index in [0.717, 1.165) is 23.8 Å². The first kappa shape index (κ1) is 17.5. The van der Waals surface area contributed by atoms with Gasteiger partial charge < -0.3 is 19.7 Å². The minimum absolute atomic E-state index is 0.408. The zero-order valence-electron chi connectivity index (χ0n) is 12.9. The van der Waals surface area contributed by atoms with E-state index in [2.05, 4.69) is 11.9 Å². The van der Waals surface area contributed by atoms with E-state index in [1.165, 1.54) is 18.5 Å². The minimum Gasteiger partial charge on any atom is -0.491 e. The number of allylic oxidation sites excluding steroid dienone is 1. The average Bonchev–Trinajstić information content (AvgIpc) is 2.83. The summed E-state index contributed by atoms with van der Waals surface area (Å²) in [6, 6.07) is 1.18. The Bertz CT molecular complexity index is 637.